The van der Waals surface area contributed by atoms with Crippen molar-refractivity contribution in [2.45, 2.75) is 419 Å². The number of phosphoric ester groups is 2. The molecule has 6 atom stereocenters. The molecule has 0 amide bonds. The first kappa shape index (κ1) is 94.1. The van der Waals surface area contributed by atoms with E-state index in [1.54, 1.807) is 0 Å². The Balaban J connectivity index is 5.19. The highest BCUT2D eigenvalue weighted by molar-refractivity contribution is 7.47. The van der Waals surface area contributed by atoms with E-state index >= 15 is 0 Å². The molecular formula is C77H150O17P2. The van der Waals surface area contributed by atoms with E-state index in [-0.39, 0.29) is 25.7 Å². The van der Waals surface area contributed by atoms with Gasteiger partial charge in [0, 0.05) is 25.7 Å². The third kappa shape index (κ3) is 69.2. The van der Waals surface area contributed by atoms with Crippen LogP contribution in [-0.2, 0) is 65.4 Å². The molecule has 3 N–H and O–H groups in total. The molecule has 0 aromatic carbocycles. The predicted octanol–water partition coefficient (Wildman–Crippen LogP) is 22.7. The largest absolute Gasteiger partial charge is 0.472 e. The van der Waals surface area contributed by atoms with E-state index < -0.39 is 97.5 Å². The molecule has 0 bridgehead atoms. The third-order valence-electron chi connectivity index (χ3n) is 18.3. The van der Waals surface area contributed by atoms with Crippen molar-refractivity contribution in [2.75, 3.05) is 39.6 Å². The van der Waals surface area contributed by atoms with Crippen LogP contribution in [-0.4, -0.2) is 96.7 Å². The zero-order valence-corrected chi connectivity index (χ0v) is 64.5. The van der Waals surface area contributed by atoms with Gasteiger partial charge in [-0.05, 0) is 37.5 Å². The first-order valence-electron chi connectivity index (χ1n) is 40.0. The van der Waals surface area contributed by atoms with Gasteiger partial charge in [0.25, 0.3) is 0 Å². The van der Waals surface area contributed by atoms with Crippen LogP contribution in [0.4, 0.5) is 0 Å². The van der Waals surface area contributed by atoms with Crippen molar-refractivity contribution in [1.82, 2.24) is 0 Å². The topological polar surface area (TPSA) is 237 Å². The van der Waals surface area contributed by atoms with Crippen LogP contribution in [0.3, 0.4) is 0 Å². The van der Waals surface area contributed by atoms with Gasteiger partial charge in [-0.15, -0.1) is 0 Å². The van der Waals surface area contributed by atoms with Gasteiger partial charge in [0.2, 0.25) is 0 Å². The van der Waals surface area contributed by atoms with Gasteiger partial charge in [0.05, 0.1) is 26.4 Å². The molecule has 570 valence electrons. The molecule has 0 aromatic rings. The maximum Gasteiger partial charge on any atom is 0.472 e. The van der Waals surface area contributed by atoms with Gasteiger partial charge in [-0.25, -0.2) is 9.13 Å². The Bertz CT molecular complexity index is 1860. The molecule has 0 fully saturated rings. The summed E-state index contributed by atoms with van der Waals surface area (Å²) in [5.74, 6) is -0.721. The van der Waals surface area contributed by atoms with Crippen LogP contribution in [0, 0.1) is 11.8 Å². The molecule has 0 saturated heterocycles. The van der Waals surface area contributed by atoms with Crippen molar-refractivity contribution in [3.8, 4) is 0 Å². The van der Waals surface area contributed by atoms with Crippen molar-refractivity contribution in [2.24, 2.45) is 11.8 Å². The zero-order chi connectivity index (χ0) is 70.7. The number of phosphoric acid groups is 2. The number of hydrogen-bond donors (Lipinski definition) is 3. The van der Waals surface area contributed by atoms with Crippen molar-refractivity contribution >= 4 is 39.5 Å². The second-order valence-corrected chi connectivity index (χ2v) is 31.4. The summed E-state index contributed by atoms with van der Waals surface area (Å²) < 4.78 is 68.5. The molecule has 0 aliphatic carbocycles. The van der Waals surface area contributed by atoms with E-state index in [1.807, 2.05) is 0 Å². The van der Waals surface area contributed by atoms with E-state index in [0.29, 0.717) is 31.6 Å². The molecule has 0 aromatic heterocycles. The number of carbonyl (C=O) groups excluding carboxylic acids is 4. The van der Waals surface area contributed by atoms with Gasteiger partial charge in [0.15, 0.2) is 12.2 Å². The number of carbonyl (C=O) groups is 4. The van der Waals surface area contributed by atoms with Crippen LogP contribution >= 0.6 is 15.6 Å². The summed E-state index contributed by atoms with van der Waals surface area (Å²) in [6.45, 7) is 9.46. The molecule has 0 spiro atoms. The second-order valence-electron chi connectivity index (χ2n) is 28.5. The van der Waals surface area contributed by atoms with Crippen molar-refractivity contribution < 1.29 is 80.2 Å². The standard InChI is InChI=1S/C77H150O17P2/c1-7-10-12-14-16-18-20-22-24-26-27-28-29-30-32-34-36-38-40-49-55-61-76(81)93-72(65-87-74(79)59-53-47-39-37-35-33-31-25-23-21-19-17-15-13-11-8-2)67-91-95(83,84)89-63-71(78)64-90-96(85,86)92-68-73(66-88-75(80)60-54-48-43-41-45-51-57-69(4)5)94-77(82)62-56-50-44-42-46-52-58-70(6)9-3/h69-73,78H,7-68H2,1-6H3,(H,83,84)(H,85,86)/t70?,71-,72-,73-/m1/s1. The minimum Gasteiger partial charge on any atom is -0.462 e. The number of aliphatic hydroxyl groups is 1. The van der Waals surface area contributed by atoms with Gasteiger partial charge in [-0.3, -0.25) is 37.3 Å². The Morgan fingerprint density at radius 2 is 0.531 bits per heavy atom. The number of rotatable bonds is 76. The smallest absolute Gasteiger partial charge is 0.462 e. The summed E-state index contributed by atoms with van der Waals surface area (Å²) >= 11 is 0. The summed E-state index contributed by atoms with van der Waals surface area (Å²) in [6, 6.07) is 0. The van der Waals surface area contributed by atoms with Gasteiger partial charge in [-0.1, -0.05) is 350 Å². The van der Waals surface area contributed by atoms with Crippen molar-refractivity contribution in [3.63, 3.8) is 0 Å². The average molecular weight is 1410 g/mol. The molecule has 3 unspecified atom stereocenters. The van der Waals surface area contributed by atoms with Crippen LogP contribution < -0.4 is 0 Å². The highest BCUT2D eigenvalue weighted by Crippen LogP contribution is 2.45. The molecule has 0 rings (SSSR count). The summed E-state index contributed by atoms with van der Waals surface area (Å²) in [5, 5.41) is 10.6. The van der Waals surface area contributed by atoms with E-state index in [1.165, 1.54) is 212 Å². The van der Waals surface area contributed by atoms with Crippen molar-refractivity contribution in [3.05, 3.63) is 0 Å². The first-order valence-corrected chi connectivity index (χ1v) is 43.0. The molecule has 0 heterocycles. The average Bonchev–Trinajstić information content (AvgIpc) is 2.71. The minimum absolute atomic E-state index is 0.102. The molecule has 0 saturated carbocycles. The Hall–Kier alpha value is -1.94. The van der Waals surface area contributed by atoms with E-state index in [2.05, 4.69) is 41.5 Å². The predicted molar refractivity (Wildman–Crippen MR) is 391 cm³/mol. The lowest BCUT2D eigenvalue weighted by Crippen LogP contribution is -2.30. The fourth-order valence-electron chi connectivity index (χ4n) is 11.8. The maximum atomic E-state index is 13.1. The van der Waals surface area contributed by atoms with Gasteiger partial charge in [0.1, 0.15) is 19.3 Å². The van der Waals surface area contributed by atoms with Gasteiger partial charge < -0.3 is 33.8 Å². The monoisotopic (exact) mass is 1410 g/mol. The van der Waals surface area contributed by atoms with E-state index in [9.17, 15) is 43.2 Å². The Morgan fingerprint density at radius 3 is 0.792 bits per heavy atom. The number of ether oxygens (including phenoxy) is 4. The maximum absolute atomic E-state index is 13.1. The van der Waals surface area contributed by atoms with Crippen LogP contribution in [0.5, 0.6) is 0 Å². The van der Waals surface area contributed by atoms with Crippen LogP contribution in [0.15, 0.2) is 0 Å². The molecule has 19 heteroatoms. The normalized spacial score (nSPS) is 14.3. The second kappa shape index (κ2) is 68.8. The molecule has 0 aliphatic heterocycles. The number of esters is 4. The zero-order valence-electron chi connectivity index (χ0n) is 62.7. The lowest BCUT2D eigenvalue weighted by molar-refractivity contribution is -0.161. The fraction of sp³-hybridized carbons (Fsp3) is 0.948. The summed E-state index contributed by atoms with van der Waals surface area (Å²) in [5.41, 5.74) is 0. The summed E-state index contributed by atoms with van der Waals surface area (Å²) in [4.78, 5) is 72.7. The van der Waals surface area contributed by atoms with Crippen LogP contribution in [0.2, 0.25) is 0 Å². The van der Waals surface area contributed by atoms with Crippen LogP contribution in [0.1, 0.15) is 401 Å². The molecule has 0 radical (unpaired) electrons. The lowest BCUT2D eigenvalue weighted by atomic mass is 10.00. The Kier molecular flexibility index (Phi) is 67.4. The van der Waals surface area contributed by atoms with Gasteiger partial charge in [-0.2, -0.15) is 0 Å². The molecular weight excluding hydrogens is 1260 g/mol. The fourth-order valence-corrected chi connectivity index (χ4v) is 13.4. The number of unbranched alkanes of at least 4 members (excludes halogenated alkanes) is 45. The summed E-state index contributed by atoms with van der Waals surface area (Å²) in [6.07, 6.45) is 57.3. The van der Waals surface area contributed by atoms with Gasteiger partial charge >= 0.3 is 39.5 Å². The van der Waals surface area contributed by atoms with E-state index in [0.717, 1.165) is 102 Å². The quantitative estimate of drug-likeness (QED) is 0.0222. The third-order valence-corrected chi connectivity index (χ3v) is 20.2. The Labute approximate surface area is 588 Å². The first-order chi connectivity index (χ1) is 46.4. The molecule has 17 nitrogen and oxygen atoms in total. The number of hydrogen-bond acceptors (Lipinski definition) is 15. The van der Waals surface area contributed by atoms with Crippen molar-refractivity contribution in [1.29, 1.82) is 0 Å². The van der Waals surface area contributed by atoms with E-state index in [4.69, 9.17) is 37.0 Å². The minimum atomic E-state index is -4.96. The highest BCUT2D eigenvalue weighted by atomic mass is 31.2. The molecule has 96 heavy (non-hydrogen) atoms. The molecule has 0 aliphatic rings. The number of aliphatic hydroxyl groups excluding tert-OH is 1. The SMILES string of the molecule is CCCCCCCCCCCCCCCCCCCCCCCC(=O)O[C@H](COC(=O)CCCCCCCCCCCCCCCCCC)COP(=O)(O)OC[C@@H](O)COP(=O)(O)OC[C@@H](COC(=O)CCCCCCCCC(C)C)OC(=O)CCCCCCCCC(C)CC. The lowest BCUT2D eigenvalue weighted by Gasteiger charge is -2.21. The highest BCUT2D eigenvalue weighted by Gasteiger charge is 2.30. The van der Waals surface area contributed by atoms with Crippen LogP contribution in [0.25, 0.3) is 0 Å². The Morgan fingerprint density at radius 1 is 0.302 bits per heavy atom. The summed E-state index contributed by atoms with van der Waals surface area (Å²) in [7, 11) is -9.91.